The zero-order chi connectivity index (χ0) is 15.9. The molecule has 23 heavy (non-hydrogen) atoms. The Bertz CT molecular complexity index is 747. The Kier molecular flexibility index (Phi) is 5.06. The van der Waals surface area contributed by atoms with Crippen molar-refractivity contribution in [2.45, 2.75) is 6.42 Å². The Morgan fingerprint density at radius 1 is 0.826 bits per heavy atom. The van der Waals surface area contributed by atoms with Crippen LogP contribution in [0.15, 0.2) is 66.9 Å². The molecular weight excluding hydrogens is 308 g/mol. The molecule has 2 N–H and O–H groups in total. The Balaban J connectivity index is 1.86. The van der Waals surface area contributed by atoms with Gasteiger partial charge >= 0.3 is 0 Å². The van der Waals surface area contributed by atoms with Crippen molar-refractivity contribution in [3.05, 3.63) is 72.4 Å². The van der Waals surface area contributed by atoms with Gasteiger partial charge in [0.2, 0.25) is 5.95 Å². The molecule has 0 radical (unpaired) electrons. The van der Waals surface area contributed by atoms with Gasteiger partial charge in [0.15, 0.2) is 0 Å². The highest BCUT2D eigenvalue weighted by Crippen LogP contribution is 2.22. The van der Waals surface area contributed by atoms with Crippen molar-refractivity contribution in [2.24, 2.45) is 0 Å². The summed E-state index contributed by atoms with van der Waals surface area (Å²) in [5.74, 6) is 1.84. The van der Waals surface area contributed by atoms with Crippen LogP contribution in [0.3, 0.4) is 0 Å². The molecule has 3 aromatic rings. The number of para-hydroxylation sites is 2. The number of benzene rings is 2. The molecule has 1 aromatic heterocycles. The van der Waals surface area contributed by atoms with Crippen molar-refractivity contribution in [2.75, 3.05) is 16.5 Å². The lowest BCUT2D eigenvalue weighted by Crippen LogP contribution is -2.05. The van der Waals surface area contributed by atoms with Crippen molar-refractivity contribution in [3.8, 4) is 0 Å². The Labute approximate surface area is 140 Å². The van der Waals surface area contributed by atoms with E-state index in [2.05, 4.69) is 20.6 Å². The lowest BCUT2D eigenvalue weighted by atomic mass is 10.2. The van der Waals surface area contributed by atoms with E-state index >= 15 is 0 Å². The molecule has 3 rings (SSSR count). The second kappa shape index (κ2) is 7.61. The summed E-state index contributed by atoms with van der Waals surface area (Å²) < 4.78 is 0. The van der Waals surface area contributed by atoms with Gasteiger partial charge in [0.25, 0.3) is 0 Å². The molecule has 0 saturated carbocycles. The van der Waals surface area contributed by atoms with Crippen molar-refractivity contribution in [1.29, 1.82) is 0 Å². The van der Waals surface area contributed by atoms with E-state index in [1.165, 1.54) is 0 Å². The van der Waals surface area contributed by atoms with E-state index < -0.39 is 0 Å². The fraction of sp³-hybridized carbons (Fsp3) is 0.111. The number of nitrogens with zero attached hydrogens (tertiary/aromatic N) is 2. The third kappa shape index (κ3) is 4.20. The van der Waals surface area contributed by atoms with Crippen LogP contribution in [0.5, 0.6) is 0 Å². The van der Waals surface area contributed by atoms with Gasteiger partial charge < -0.3 is 10.6 Å². The van der Waals surface area contributed by atoms with Crippen LogP contribution >= 0.6 is 11.6 Å². The Morgan fingerprint density at radius 3 is 2.04 bits per heavy atom. The Hall–Kier alpha value is -2.59. The molecule has 1 heterocycles. The topological polar surface area (TPSA) is 49.8 Å². The van der Waals surface area contributed by atoms with Gasteiger partial charge in [-0.1, -0.05) is 36.4 Å². The van der Waals surface area contributed by atoms with Crippen molar-refractivity contribution < 1.29 is 0 Å². The van der Waals surface area contributed by atoms with E-state index in [4.69, 9.17) is 11.6 Å². The van der Waals surface area contributed by atoms with E-state index in [-0.39, 0.29) is 0 Å². The van der Waals surface area contributed by atoms with Gasteiger partial charge in [-0.05, 0) is 30.7 Å². The number of aromatic nitrogens is 2. The quantitative estimate of drug-likeness (QED) is 0.643. The maximum Gasteiger partial charge on any atom is 0.229 e. The fourth-order valence-corrected chi connectivity index (χ4v) is 2.37. The number of hydrogen-bond acceptors (Lipinski definition) is 4. The smallest absolute Gasteiger partial charge is 0.229 e. The molecule has 0 aliphatic carbocycles. The Morgan fingerprint density at radius 2 is 1.43 bits per heavy atom. The number of anilines is 4. The second-order valence-electron chi connectivity index (χ2n) is 4.99. The molecule has 0 saturated heterocycles. The first kappa shape index (κ1) is 15.3. The van der Waals surface area contributed by atoms with E-state index in [0.717, 1.165) is 22.8 Å². The third-order valence-corrected chi connectivity index (χ3v) is 3.48. The molecule has 0 atom stereocenters. The highest BCUT2D eigenvalue weighted by atomic mass is 35.5. The van der Waals surface area contributed by atoms with Crippen LogP contribution in [0.4, 0.5) is 23.1 Å². The lowest BCUT2D eigenvalue weighted by molar-refractivity contribution is 1.06. The molecule has 0 aliphatic heterocycles. The minimum atomic E-state index is 0.526. The standard InChI is InChI=1S/C18H17ClN4/c19-12-11-14-13-20-18(22-16-9-5-2-6-10-16)23-17(14)21-15-7-3-1-4-8-15/h1-10,13H,11-12H2,(H2,20,21,22,23). The zero-order valence-corrected chi connectivity index (χ0v) is 13.3. The van der Waals surface area contributed by atoms with Crippen molar-refractivity contribution in [1.82, 2.24) is 9.97 Å². The average Bonchev–Trinajstić information content (AvgIpc) is 2.59. The number of halogens is 1. The molecule has 4 nitrogen and oxygen atoms in total. The summed E-state index contributed by atoms with van der Waals surface area (Å²) >= 11 is 5.88. The summed E-state index contributed by atoms with van der Waals surface area (Å²) in [7, 11) is 0. The van der Waals surface area contributed by atoms with Crippen LogP contribution in [0.25, 0.3) is 0 Å². The SMILES string of the molecule is ClCCc1cnc(Nc2ccccc2)nc1Nc1ccccc1. The summed E-state index contributed by atoms with van der Waals surface area (Å²) in [6, 6.07) is 19.8. The van der Waals surface area contributed by atoms with Gasteiger partial charge in [0.1, 0.15) is 5.82 Å². The van der Waals surface area contributed by atoms with Gasteiger partial charge in [0.05, 0.1) is 0 Å². The minimum Gasteiger partial charge on any atom is -0.340 e. The molecule has 0 amide bonds. The first-order chi connectivity index (χ1) is 11.3. The molecule has 0 aliphatic rings. The van der Waals surface area contributed by atoms with Gasteiger partial charge in [-0.15, -0.1) is 11.6 Å². The third-order valence-electron chi connectivity index (χ3n) is 3.29. The lowest BCUT2D eigenvalue weighted by Gasteiger charge is -2.12. The number of hydrogen-bond donors (Lipinski definition) is 2. The average molecular weight is 325 g/mol. The molecule has 5 heteroatoms. The van der Waals surface area contributed by atoms with E-state index in [1.807, 2.05) is 66.9 Å². The number of rotatable bonds is 6. The van der Waals surface area contributed by atoms with Gasteiger partial charge in [-0.3, -0.25) is 0 Å². The largest absolute Gasteiger partial charge is 0.340 e. The number of alkyl halides is 1. The van der Waals surface area contributed by atoms with Gasteiger partial charge in [0, 0.05) is 29.0 Å². The van der Waals surface area contributed by atoms with Crippen LogP contribution in [-0.4, -0.2) is 15.8 Å². The number of aryl methyl sites for hydroxylation is 1. The first-order valence-corrected chi connectivity index (χ1v) is 7.94. The zero-order valence-electron chi connectivity index (χ0n) is 12.5. The van der Waals surface area contributed by atoms with E-state index in [0.29, 0.717) is 18.2 Å². The normalized spacial score (nSPS) is 10.3. The maximum absolute atomic E-state index is 5.88. The van der Waals surface area contributed by atoms with Crippen LogP contribution in [-0.2, 0) is 6.42 Å². The monoisotopic (exact) mass is 324 g/mol. The van der Waals surface area contributed by atoms with Crippen LogP contribution in [0.1, 0.15) is 5.56 Å². The summed E-state index contributed by atoms with van der Waals surface area (Å²) in [4.78, 5) is 8.96. The molecule has 2 aromatic carbocycles. The van der Waals surface area contributed by atoms with Gasteiger partial charge in [-0.2, -0.15) is 4.98 Å². The molecule has 116 valence electrons. The first-order valence-electron chi connectivity index (χ1n) is 7.41. The van der Waals surface area contributed by atoms with E-state index in [9.17, 15) is 0 Å². The molecule has 0 fully saturated rings. The molecule has 0 spiro atoms. The summed E-state index contributed by atoms with van der Waals surface area (Å²) in [6.07, 6.45) is 2.52. The summed E-state index contributed by atoms with van der Waals surface area (Å²) in [5, 5.41) is 6.54. The van der Waals surface area contributed by atoms with Crippen LogP contribution in [0, 0.1) is 0 Å². The summed E-state index contributed by atoms with van der Waals surface area (Å²) in [5.41, 5.74) is 2.92. The molecular formula is C18H17ClN4. The summed E-state index contributed by atoms with van der Waals surface area (Å²) in [6.45, 7) is 0. The highest BCUT2D eigenvalue weighted by molar-refractivity contribution is 6.18. The second-order valence-corrected chi connectivity index (χ2v) is 5.37. The predicted octanol–water partition coefficient (Wildman–Crippen LogP) is 4.75. The fourth-order valence-electron chi connectivity index (χ4n) is 2.17. The van der Waals surface area contributed by atoms with Gasteiger partial charge in [-0.25, -0.2) is 4.98 Å². The number of nitrogens with one attached hydrogen (secondary N) is 2. The molecule has 0 unspecified atom stereocenters. The van der Waals surface area contributed by atoms with E-state index in [1.54, 1.807) is 0 Å². The van der Waals surface area contributed by atoms with Crippen molar-refractivity contribution in [3.63, 3.8) is 0 Å². The van der Waals surface area contributed by atoms with Crippen LogP contribution < -0.4 is 10.6 Å². The maximum atomic E-state index is 5.88. The minimum absolute atomic E-state index is 0.526. The van der Waals surface area contributed by atoms with Crippen LogP contribution in [0.2, 0.25) is 0 Å². The van der Waals surface area contributed by atoms with Crippen molar-refractivity contribution >= 4 is 34.7 Å². The highest BCUT2D eigenvalue weighted by Gasteiger charge is 2.08. The molecule has 0 bridgehead atoms. The predicted molar refractivity (Wildman–Crippen MR) is 95.9 cm³/mol.